The van der Waals surface area contributed by atoms with Gasteiger partial charge >= 0.3 is 0 Å². The predicted octanol–water partition coefficient (Wildman–Crippen LogP) is -1.06. The summed E-state index contributed by atoms with van der Waals surface area (Å²) in [5, 5.41) is 3.07. The Bertz CT molecular complexity index is 184. The molecule has 1 amide bonds. The van der Waals surface area contributed by atoms with E-state index < -0.39 is 0 Å². The van der Waals surface area contributed by atoms with Crippen LogP contribution in [0.5, 0.6) is 0 Å². The summed E-state index contributed by atoms with van der Waals surface area (Å²) in [4.78, 5) is 15.3. The van der Waals surface area contributed by atoms with Crippen LogP contribution in [0.25, 0.3) is 0 Å². The number of carbonyl (C=O) groups excluding carboxylic acids is 1. The highest BCUT2D eigenvalue weighted by molar-refractivity contribution is 5.80. The van der Waals surface area contributed by atoms with Crippen molar-refractivity contribution in [2.24, 2.45) is 5.73 Å². The molecule has 1 unspecified atom stereocenters. The normalized spacial score (nSPS) is 13.5. The predicted molar refractivity (Wildman–Crippen MR) is 62.7 cm³/mol. The van der Waals surface area contributed by atoms with E-state index in [-0.39, 0.29) is 11.9 Å². The third-order valence-corrected chi connectivity index (χ3v) is 2.22. The highest BCUT2D eigenvalue weighted by Gasteiger charge is 2.15. The average molecular weight is 216 g/mol. The molecule has 0 rings (SSSR count). The van der Waals surface area contributed by atoms with Crippen molar-refractivity contribution in [1.29, 1.82) is 0 Å². The minimum absolute atomic E-state index is 0.248. The second-order valence-corrected chi connectivity index (χ2v) is 4.08. The Balaban J connectivity index is 3.88. The van der Waals surface area contributed by atoms with E-state index in [0.29, 0.717) is 6.54 Å². The number of nitrogens with two attached hydrogens (primary N) is 1. The number of hydrogen-bond acceptors (Lipinski definition) is 4. The van der Waals surface area contributed by atoms with Gasteiger partial charge in [-0.15, -0.1) is 0 Å². The number of amides is 1. The van der Waals surface area contributed by atoms with E-state index in [1.165, 1.54) is 0 Å². The quantitative estimate of drug-likeness (QED) is 0.543. The molecule has 0 aliphatic heterocycles. The molecule has 3 N–H and O–H groups in total. The van der Waals surface area contributed by atoms with Gasteiger partial charge in [0.1, 0.15) is 0 Å². The summed E-state index contributed by atoms with van der Waals surface area (Å²) in [6.45, 7) is 5.30. The zero-order valence-electron chi connectivity index (χ0n) is 10.3. The van der Waals surface area contributed by atoms with Gasteiger partial charge in [0, 0.05) is 19.6 Å². The lowest BCUT2D eigenvalue weighted by molar-refractivity contribution is -0.120. The van der Waals surface area contributed by atoms with Crippen molar-refractivity contribution >= 4 is 5.91 Å². The molecule has 0 aliphatic carbocycles. The van der Waals surface area contributed by atoms with E-state index in [1.807, 2.05) is 28.1 Å². The van der Waals surface area contributed by atoms with Gasteiger partial charge < -0.3 is 20.9 Å². The number of rotatable bonds is 8. The summed E-state index contributed by atoms with van der Waals surface area (Å²) >= 11 is 0. The Hall–Kier alpha value is -0.650. The van der Waals surface area contributed by atoms with Crippen LogP contribution in [-0.2, 0) is 4.79 Å². The third kappa shape index (κ3) is 7.30. The van der Waals surface area contributed by atoms with Crippen molar-refractivity contribution in [2.75, 3.05) is 47.3 Å². The van der Waals surface area contributed by atoms with Gasteiger partial charge in [-0.1, -0.05) is 6.92 Å². The molecule has 0 spiro atoms. The van der Waals surface area contributed by atoms with E-state index in [1.54, 1.807) is 0 Å². The maximum atomic E-state index is 11.1. The molecule has 0 radical (unpaired) electrons. The van der Waals surface area contributed by atoms with Gasteiger partial charge in [-0.3, -0.25) is 4.79 Å². The van der Waals surface area contributed by atoms with Gasteiger partial charge in [0.2, 0.25) is 5.91 Å². The Kier molecular flexibility index (Phi) is 7.29. The fraction of sp³-hybridized carbons (Fsp3) is 0.900. The lowest BCUT2D eigenvalue weighted by Gasteiger charge is -2.23. The van der Waals surface area contributed by atoms with Crippen LogP contribution in [0.1, 0.15) is 6.92 Å². The van der Waals surface area contributed by atoms with Crippen LogP contribution in [-0.4, -0.2) is 69.1 Å². The number of nitrogens with one attached hydrogen (secondary N) is 1. The molecular weight excluding hydrogens is 192 g/mol. The first-order valence-electron chi connectivity index (χ1n) is 5.33. The van der Waals surface area contributed by atoms with Crippen LogP contribution in [0.3, 0.4) is 0 Å². The van der Waals surface area contributed by atoms with Crippen LogP contribution in [0.2, 0.25) is 0 Å². The van der Waals surface area contributed by atoms with Crippen LogP contribution in [0, 0.1) is 0 Å². The number of likely N-dealkylation sites (N-methyl/N-ethyl adjacent to an activating group) is 3. The van der Waals surface area contributed by atoms with E-state index in [9.17, 15) is 4.79 Å². The van der Waals surface area contributed by atoms with E-state index >= 15 is 0 Å². The minimum Gasteiger partial charge on any atom is -0.368 e. The molecule has 0 aromatic heterocycles. The van der Waals surface area contributed by atoms with Crippen LogP contribution >= 0.6 is 0 Å². The molecule has 0 bridgehead atoms. The largest absolute Gasteiger partial charge is 0.368 e. The van der Waals surface area contributed by atoms with Crippen molar-refractivity contribution < 1.29 is 4.79 Å². The molecule has 0 saturated carbocycles. The van der Waals surface area contributed by atoms with E-state index in [4.69, 9.17) is 5.73 Å². The molecule has 0 aromatic rings. The Morgan fingerprint density at radius 1 is 1.33 bits per heavy atom. The molecule has 90 valence electrons. The maximum Gasteiger partial charge on any atom is 0.235 e. The smallest absolute Gasteiger partial charge is 0.235 e. The lowest BCUT2D eigenvalue weighted by atomic mass is 10.2. The fourth-order valence-corrected chi connectivity index (χ4v) is 1.28. The van der Waals surface area contributed by atoms with Gasteiger partial charge in [-0.05, 0) is 27.7 Å². The number of carbonyl (C=O) groups is 1. The minimum atomic E-state index is -0.284. The topological polar surface area (TPSA) is 61.6 Å². The number of hydrogen-bond donors (Lipinski definition) is 2. The molecule has 5 nitrogen and oxygen atoms in total. The van der Waals surface area contributed by atoms with Crippen molar-refractivity contribution in [2.45, 2.75) is 13.0 Å². The van der Waals surface area contributed by atoms with E-state index in [2.05, 4.69) is 15.1 Å². The zero-order chi connectivity index (χ0) is 11.8. The van der Waals surface area contributed by atoms with Gasteiger partial charge in [-0.25, -0.2) is 0 Å². The summed E-state index contributed by atoms with van der Waals surface area (Å²) in [6, 6.07) is -0.248. The first-order valence-corrected chi connectivity index (χ1v) is 5.33. The van der Waals surface area contributed by atoms with E-state index in [0.717, 1.165) is 19.6 Å². The zero-order valence-corrected chi connectivity index (χ0v) is 10.3. The lowest BCUT2D eigenvalue weighted by Crippen LogP contribution is -2.49. The Labute approximate surface area is 92.6 Å². The summed E-state index contributed by atoms with van der Waals surface area (Å²) in [5.41, 5.74) is 5.29. The van der Waals surface area contributed by atoms with Gasteiger partial charge in [0.15, 0.2) is 0 Å². The highest BCUT2D eigenvalue weighted by atomic mass is 16.1. The third-order valence-electron chi connectivity index (χ3n) is 2.22. The maximum absolute atomic E-state index is 11.1. The molecule has 0 saturated heterocycles. The monoisotopic (exact) mass is 216 g/mol. The van der Waals surface area contributed by atoms with Crippen LogP contribution < -0.4 is 11.1 Å². The van der Waals surface area contributed by atoms with Gasteiger partial charge in [-0.2, -0.15) is 0 Å². The fourth-order valence-electron chi connectivity index (χ4n) is 1.28. The molecule has 5 heteroatoms. The highest BCUT2D eigenvalue weighted by Crippen LogP contribution is 1.90. The van der Waals surface area contributed by atoms with Crippen molar-refractivity contribution in [1.82, 2.24) is 15.1 Å². The number of nitrogens with zero attached hydrogens (tertiary/aromatic N) is 2. The summed E-state index contributed by atoms with van der Waals surface area (Å²) in [6.07, 6.45) is 0. The molecule has 0 heterocycles. The first-order chi connectivity index (χ1) is 6.97. The van der Waals surface area contributed by atoms with Gasteiger partial charge in [0.05, 0.1) is 6.04 Å². The standard InChI is InChI=1S/C10H24N4O/c1-5-12-9(10(11)15)8-14(4)7-6-13(2)3/h9,12H,5-8H2,1-4H3,(H2,11,15). The summed E-state index contributed by atoms with van der Waals surface area (Å²) in [7, 11) is 6.06. The molecule has 0 aliphatic rings. The SMILES string of the molecule is CCNC(CN(C)CCN(C)C)C(N)=O. The summed E-state index contributed by atoms with van der Waals surface area (Å²) in [5.74, 6) is -0.284. The molecule has 0 fully saturated rings. The summed E-state index contributed by atoms with van der Waals surface area (Å²) < 4.78 is 0. The first kappa shape index (κ1) is 14.3. The number of primary amides is 1. The molecule has 0 aromatic carbocycles. The average Bonchev–Trinajstić information content (AvgIpc) is 2.14. The van der Waals surface area contributed by atoms with Crippen LogP contribution in [0.15, 0.2) is 0 Å². The van der Waals surface area contributed by atoms with Crippen LogP contribution in [0.4, 0.5) is 0 Å². The Morgan fingerprint density at radius 3 is 2.33 bits per heavy atom. The van der Waals surface area contributed by atoms with Crippen molar-refractivity contribution in [3.8, 4) is 0 Å². The molecule has 15 heavy (non-hydrogen) atoms. The van der Waals surface area contributed by atoms with Crippen molar-refractivity contribution in [3.05, 3.63) is 0 Å². The second-order valence-electron chi connectivity index (χ2n) is 4.08. The molecule has 1 atom stereocenters. The second kappa shape index (κ2) is 7.62. The Morgan fingerprint density at radius 2 is 1.93 bits per heavy atom. The van der Waals surface area contributed by atoms with Crippen molar-refractivity contribution in [3.63, 3.8) is 0 Å². The van der Waals surface area contributed by atoms with Gasteiger partial charge in [0.25, 0.3) is 0 Å². The molecular formula is C10H24N4O.